The molecule has 0 aliphatic carbocycles. The van der Waals surface area contributed by atoms with Crippen molar-refractivity contribution in [3.63, 3.8) is 0 Å². The third-order valence-electron chi connectivity index (χ3n) is 2.30. The molecule has 2 N–H and O–H groups in total. The molecule has 0 bridgehead atoms. The summed E-state index contributed by atoms with van der Waals surface area (Å²) >= 11 is 5.01. The van der Waals surface area contributed by atoms with Crippen LogP contribution < -0.4 is 5.32 Å². The van der Waals surface area contributed by atoms with Crippen LogP contribution in [-0.4, -0.2) is 11.1 Å². The molecule has 1 heterocycles. The molecule has 0 aliphatic rings. The maximum atomic E-state index is 10.8. The van der Waals surface area contributed by atoms with Crippen LogP contribution in [0.4, 0.5) is 5.69 Å². The van der Waals surface area contributed by atoms with Gasteiger partial charge in [0.15, 0.2) is 0 Å². The van der Waals surface area contributed by atoms with E-state index in [0.29, 0.717) is 6.54 Å². The van der Waals surface area contributed by atoms with Crippen molar-refractivity contribution in [2.45, 2.75) is 6.54 Å². The van der Waals surface area contributed by atoms with E-state index in [1.165, 1.54) is 0 Å². The molecule has 0 saturated carbocycles. The van der Waals surface area contributed by atoms with E-state index >= 15 is 0 Å². The van der Waals surface area contributed by atoms with Crippen molar-refractivity contribution in [2.75, 3.05) is 5.32 Å². The maximum absolute atomic E-state index is 10.8. The summed E-state index contributed by atoms with van der Waals surface area (Å²) in [7, 11) is 0. The van der Waals surface area contributed by atoms with E-state index in [-0.39, 0.29) is 5.56 Å². The molecule has 0 unspecified atom stereocenters. The van der Waals surface area contributed by atoms with Crippen LogP contribution in [0.15, 0.2) is 39.5 Å². The fourth-order valence-electron chi connectivity index (χ4n) is 1.39. The van der Waals surface area contributed by atoms with E-state index in [1.807, 2.05) is 22.9 Å². The van der Waals surface area contributed by atoms with Gasteiger partial charge in [-0.2, -0.15) is 11.3 Å². The molecule has 2 rings (SSSR count). The highest BCUT2D eigenvalue weighted by molar-refractivity contribution is 9.10. The molecular formula is C12H10BrNO2S. The predicted molar refractivity (Wildman–Crippen MR) is 72.7 cm³/mol. The van der Waals surface area contributed by atoms with Gasteiger partial charge < -0.3 is 10.4 Å². The summed E-state index contributed by atoms with van der Waals surface area (Å²) in [5.74, 6) is -0.914. The molecule has 17 heavy (non-hydrogen) atoms. The molecule has 5 heteroatoms. The van der Waals surface area contributed by atoms with Crippen molar-refractivity contribution < 1.29 is 9.90 Å². The summed E-state index contributed by atoms with van der Waals surface area (Å²) in [5, 5.41) is 16.1. The molecule has 0 radical (unpaired) electrons. The number of carboxylic acids is 1. The quantitative estimate of drug-likeness (QED) is 0.902. The van der Waals surface area contributed by atoms with Crippen molar-refractivity contribution in [3.05, 3.63) is 50.6 Å². The Bertz CT molecular complexity index is 525. The van der Waals surface area contributed by atoms with Crippen LogP contribution in [0.5, 0.6) is 0 Å². The number of aromatic carboxylic acids is 1. The lowest BCUT2D eigenvalue weighted by Crippen LogP contribution is -2.01. The van der Waals surface area contributed by atoms with Gasteiger partial charge in [-0.15, -0.1) is 0 Å². The first-order chi connectivity index (χ1) is 8.16. The van der Waals surface area contributed by atoms with Gasteiger partial charge in [-0.3, -0.25) is 0 Å². The van der Waals surface area contributed by atoms with Gasteiger partial charge in [0.1, 0.15) is 0 Å². The van der Waals surface area contributed by atoms with Gasteiger partial charge in [-0.1, -0.05) is 22.0 Å². The fourth-order valence-corrected chi connectivity index (χ4v) is 2.52. The Balaban J connectivity index is 2.09. The number of carboxylic acid groups (broad SMARTS) is 1. The number of benzene rings is 1. The zero-order valence-corrected chi connectivity index (χ0v) is 11.2. The van der Waals surface area contributed by atoms with Crippen molar-refractivity contribution >= 4 is 38.9 Å². The minimum Gasteiger partial charge on any atom is -0.478 e. The SMILES string of the molecule is O=C(O)c1ccc(CNc2ccsc2)c(Br)c1. The van der Waals surface area contributed by atoms with Crippen molar-refractivity contribution in [2.24, 2.45) is 0 Å². The van der Waals surface area contributed by atoms with Crippen molar-refractivity contribution in [1.82, 2.24) is 0 Å². The number of thiophene rings is 1. The van der Waals surface area contributed by atoms with Gasteiger partial charge in [0.05, 0.1) is 5.56 Å². The molecule has 0 fully saturated rings. The average Bonchev–Trinajstić information content (AvgIpc) is 2.80. The van der Waals surface area contributed by atoms with E-state index in [2.05, 4.69) is 21.2 Å². The second-order valence-electron chi connectivity index (χ2n) is 3.48. The molecule has 0 saturated heterocycles. The summed E-state index contributed by atoms with van der Waals surface area (Å²) in [6.45, 7) is 0.664. The Hall–Kier alpha value is -1.33. The summed E-state index contributed by atoms with van der Waals surface area (Å²) in [6.07, 6.45) is 0. The standard InChI is InChI=1S/C12H10BrNO2S/c13-11-5-8(12(15)16)1-2-9(11)6-14-10-3-4-17-7-10/h1-5,7,14H,6H2,(H,15,16). The molecule has 2 aromatic rings. The molecule has 3 nitrogen and oxygen atoms in total. The van der Waals surface area contributed by atoms with Crippen LogP contribution in [0, 0.1) is 0 Å². The van der Waals surface area contributed by atoms with Gasteiger partial charge >= 0.3 is 5.97 Å². The number of hydrogen-bond acceptors (Lipinski definition) is 3. The Kier molecular flexibility index (Phi) is 3.81. The number of anilines is 1. The third kappa shape index (κ3) is 3.08. The molecule has 88 valence electrons. The highest BCUT2D eigenvalue weighted by Gasteiger charge is 2.06. The Morgan fingerprint density at radius 2 is 2.24 bits per heavy atom. The maximum Gasteiger partial charge on any atom is 0.335 e. The lowest BCUT2D eigenvalue weighted by molar-refractivity contribution is 0.0697. The third-order valence-corrected chi connectivity index (χ3v) is 3.73. The molecule has 0 spiro atoms. The van der Waals surface area contributed by atoms with E-state index < -0.39 is 5.97 Å². The normalized spacial score (nSPS) is 10.2. The van der Waals surface area contributed by atoms with E-state index in [4.69, 9.17) is 5.11 Å². The summed E-state index contributed by atoms with van der Waals surface area (Å²) in [4.78, 5) is 10.8. The number of hydrogen-bond donors (Lipinski definition) is 2. The zero-order valence-electron chi connectivity index (χ0n) is 8.81. The van der Waals surface area contributed by atoms with E-state index in [0.717, 1.165) is 15.7 Å². The molecule has 1 aromatic carbocycles. The van der Waals surface area contributed by atoms with Gasteiger partial charge in [-0.25, -0.2) is 4.79 Å². The molecule has 0 amide bonds. The van der Waals surface area contributed by atoms with Gasteiger partial charge in [0.25, 0.3) is 0 Å². The van der Waals surface area contributed by atoms with Crippen molar-refractivity contribution in [3.8, 4) is 0 Å². The predicted octanol–water partition coefficient (Wildman–Crippen LogP) is 3.82. The van der Waals surface area contributed by atoms with E-state index in [1.54, 1.807) is 23.5 Å². The molecule has 0 atom stereocenters. The molecular weight excluding hydrogens is 302 g/mol. The first-order valence-electron chi connectivity index (χ1n) is 4.94. The van der Waals surface area contributed by atoms with Crippen LogP contribution in [0.25, 0.3) is 0 Å². The van der Waals surface area contributed by atoms with Gasteiger partial charge in [0.2, 0.25) is 0 Å². The van der Waals surface area contributed by atoms with Crippen LogP contribution in [0.2, 0.25) is 0 Å². The van der Waals surface area contributed by atoms with Crippen LogP contribution in [0.1, 0.15) is 15.9 Å². The number of rotatable bonds is 4. The smallest absolute Gasteiger partial charge is 0.335 e. The Morgan fingerprint density at radius 3 is 2.82 bits per heavy atom. The first kappa shape index (κ1) is 12.1. The summed E-state index contributed by atoms with van der Waals surface area (Å²) in [5.41, 5.74) is 2.39. The number of nitrogens with one attached hydrogen (secondary N) is 1. The van der Waals surface area contributed by atoms with Gasteiger partial charge in [-0.05, 0) is 29.1 Å². The number of carbonyl (C=O) groups is 1. The minimum atomic E-state index is -0.914. The van der Waals surface area contributed by atoms with Crippen LogP contribution in [-0.2, 0) is 6.54 Å². The van der Waals surface area contributed by atoms with Crippen LogP contribution in [0.3, 0.4) is 0 Å². The van der Waals surface area contributed by atoms with Crippen LogP contribution >= 0.6 is 27.3 Å². The second kappa shape index (κ2) is 5.33. The van der Waals surface area contributed by atoms with E-state index in [9.17, 15) is 4.79 Å². The Morgan fingerprint density at radius 1 is 1.41 bits per heavy atom. The Labute approximate surface area is 111 Å². The molecule has 1 aromatic heterocycles. The summed E-state index contributed by atoms with van der Waals surface area (Å²) < 4.78 is 0.806. The fraction of sp³-hybridized carbons (Fsp3) is 0.0833. The zero-order chi connectivity index (χ0) is 12.3. The summed E-state index contributed by atoms with van der Waals surface area (Å²) in [6, 6.07) is 7.04. The number of halogens is 1. The monoisotopic (exact) mass is 311 g/mol. The lowest BCUT2D eigenvalue weighted by Gasteiger charge is -2.07. The largest absolute Gasteiger partial charge is 0.478 e. The van der Waals surface area contributed by atoms with Crippen molar-refractivity contribution in [1.29, 1.82) is 0 Å². The topological polar surface area (TPSA) is 49.3 Å². The molecule has 0 aliphatic heterocycles. The first-order valence-corrected chi connectivity index (χ1v) is 6.68. The highest BCUT2D eigenvalue weighted by atomic mass is 79.9. The van der Waals surface area contributed by atoms with Gasteiger partial charge in [0, 0.05) is 22.1 Å². The highest BCUT2D eigenvalue weighted by Crippen LogP contribution is 2.21. The average molecular weight is 312 g/mol. The lowest BCUT2D eigenvalue weighted by atomic mass is 10.1. The second-order valence-corrected chi connectivity index (χ2v) is 5.11. The minimum absolute atomic E-state index is 0.288.